The molecule has 0 bridgehead atoms. The van der Waals surface area contributed by atoms with Crippen LogP contribution >= 0.6 is 0 Å². The molecule has 0 aromatic heterocycles. The molecule has 0 spiro atoms. The second-order valence-electron chi connectivity index (χ2n) is 5.11. The molecule has 0 aliphatic heterocycles. The van der Waals surface area contributed by atoms with Crippen molar-refractivity contribution in [2.75, 3.05) is 13.7 Å². The van der Waals surface area contributed by atoms with Crippen LogP contribution in [0.2, 0.25) is 0 Å². The number of nitrogens with one attached hydrogen (secondary N) is 1. The van der Waals surface area contributed by atoms with Crippen molar-refractivity contribution in [2.24, 2.45) is 5.73 Å². The van der Waals surface area contributed by atoms with E-state index in [4.69, 9.17) is 10.5 Å². The van der Waals surface area contributed by atoms with E-state index in [0.29, 0.717) is 5.92 Å². The Morgan fingerprint density at radius 2 is 2.00 bits per heavy atom. The summed E-state index contributed by atoms with van der Waals surface area (Å²) in [4.78, 5) is 11.3. The Morgan fingerprint density at radius 3 is 2.42 bits per heavy atom. The van der Waals surface area contributed by atoms with Crippen LogP contribution in [0.3, 0.4) is 0 Å². The number of carbonyl (C=O) groups is 1. The molecule has 0 saturated carbocycles. The molecule has 4 heteroatoms. The highest BCUT2D eigenvalue weighted by molar-refractivity contribution is 5.84. The van der Waals surface area contributed by atoms with Gasteiger partial charge in [0, 0.05) is 0 Å². The molecule has 0 radical (unpaired) electrons. The number of carbonyl (C=O) groups excluding carboxylic acids is 1. The number of benzene rings is 1. The molecule has 3 N–H and O–H groups in total. The average Bonchev–Trinajstić information content (AvgIpc) is 2.44. The molecule has 4 nitrogen and oxygen atoms in total. The number of ether oxygens (including phenoxy) is 1. The van der Waals surface area contributed by atoms with E-state index in [-0.39, 0.29) is 6.61 Å². The predicted octanol–water partition coefficient (Wildman–Crippen LogP) is 2.04. The molecule has 2 unspecified atom stereocenters. The second kappa shape index (κ2) is 6.57. The third kappa shape index (κ3) is 3.96. The van der Waals surface area contributed by atoms with Crippen LogP contribution in [-0.4, -0.2) is 25.1 Å². The summed E-state index contributed by atoms with van der Waals surface area (Å²) < 4.78 is 5.63. The number of likely N-dealkylation sites (N-methyl/N-ethyl adjacent to an activating group) is 1. The third-order valence-electron chi connectivity index (χ3n) is 3.68. The molecule has 1 aromatic carbocycles. The van der Waals surface area contributed by atoms with Gasteiger partial charge in [-0.1, -0.05) is 26.0 Å². The zero-order chi connectivity index (χ0) is 14.5. The van der Waals surface area contributed by atoms with Gasteiger partial charge in [-0.25, -0.2) is 0 Å². The fourth-order valence-electron chi connectivity index (χ4n) is 1.62. The average molecular weight is 264 g/mol. The Labute approximate surface area is 115 Å². The molecule has 0 fully saturated rings. The van der Waals surface area contributed by atoms with Gasteiger partial charge < -0.3 is 15.8 Å². The Balaban J connectivity index is 2.66. The molecule has 1 amide bonds. The normalized spacial score (nSPS) is 15.6. The lowest BCUT2D eigenvalue weighted by Crippen LogP contribution is -2.55. The second-order valence-corrected chi connectivity index (χ2v) is 5.11. The van der Waals surface area contributed by atoms with Crippen LogP contribution in [0.1, 0.15) is 38.7 Å². The van der Waals surface area contributed by atoms with Crippen LogP contribution < -0.4 is 15.8 Å². The highest BCUT2D eigenvalue weighted by Gasteiger charge is 2.29. The SMILES string of the molecule is CCC(C)c1ccc(OCC(C)(NC)C(N)=O)cc1. The molecule has 0 aliphatic rings. The summed E-state index contributed by atoms with van der Waals surface area (Å²) in [7, 11) is 1.69. The number of hydrogen-bond donors (Lipinski definition) is 2. The largest absolute Gasteiger partial charge is 0.491 e. The van der Waals surface area contributed by atoms with Gasteiger partial charge in [-0.05, 0) is 44.0 Å². The number of amides is 1. The summed E-state index contributed by atoms with van der Waals surface area (Å²) in [6.45, 7) is 6.30. The van der Waals surface area contributed by atoms with E-state index in [0.717, 1.165) is 12.2 Å². The van der Waals surface area contributed by atoms with Gasteiger partial charge >= 0.3 is 0 Å². The van der Waals surface area contributed by atoms with Crippen molar-refractivity contribution in [3.8, 4) is 5.75 Å². The molecule has 1 rings (SSSR count). The van der Waals surface area contributed by atoms with Crippen molar-refractivity contribution in [3.05, 3.63) is 29.8 Å². The number of rotatable bonds is 7. The zero-order valence-corrected chi connectivity index (χ0v) is 12.2. The number of primary amides is 1. The summed E-state index contributed by atoms with van der Waals surface area (Å²) in [5.41, 5.74) is 5.79. The van der Waals surface area contributed by atoms with E-state index in [1.807, 2.05) is 12.1 Å². The van der Waals surface area contributed by atoms with E-state index in [9.17, 15) is 4.79 Å². The van der Waals surface area contributed by atoms with Gasteiger partial charge in [0.15, 0.2) is 0 Å². The quantitative estimate of drug-likeness (QED) is 0.792. The van der Waals surface area contributed by atoms with E-state index in [1.54, 1.807) is 14.0 Å². The van der Waals surface area contributed by atoms with Crippen LogP contribution in [0.5, 0.6) is 5.75 Å². The van der Waals surface area contributed by atoms with Gasteiger partial charge in [-0.2, -0.15) is 0 Å². The highest BCUT2D eigenvalue weighted by Crippen LogP contribution is 2.22. The molecule has 0 aliphatic carbocycles. The predicted molar refractivity (Wildman–Crippen MR) is 77.3 cm³/mol. The number of nitrogens with two attached hydrogens (primary N) is 1. The van der Waals surface area contributed by atoms with Gasteiger partial charge in [0.25, 0.3) is 0 Å². The van der Waals surface area contributed by atoms with Crippen LogP contribution in [0.25, 0.3) is 0 Å². The Bertz CT molecular complexity index is 417. The minimum atomic E-state index is -0.852. The first kappa shape index (κ1) is 15.5. The summed E-state index contributed by atoms with van der Waals surface area (Å²) in [5, 5.41) is 2.89. The van der Waals surface area contributed by atoms with Crippen LogP contribution in [-0.2, 0) is 4.79 Å². The smallest absolute Gasteiger partial charge is 0.240 e. The molecular formula is C15H24N2O2. The first-order valence-corrected chi connectivity index (χ1v) is 6.64. The maximum Gasteiger partial charge on any atom is 0.240 e. The van der Waals surface area contributed by atoms with E-state index >= 15 is 0 Å². The fourth-order valence-corrected chi connectivity index (χ4v) is 1.62. The van der Waals surface area contributed by atoms with Gasteiger partial charge in [0.1, 0.15) is 17.9 Å². The van der Waals surface area contributed by atoms with Gasteiger partial charge in [0.2, 0.25) is 5.91 Å². The Kier molecular flexibility index (Phi) is 5.36. The van der Waals surface area contributed by atoms with Crippen molar-refractivity contribution < 1.29 is 9.53 Å². The molecule has 2 atom stereocenters. The Hall–Kier alpha value is -1.55. The maximum atomic E-state index is 11.3. The third-order valence-corrected chi connectivity index (χ3v) is 3.68. The van der Waals surface area contributed by atoms with Crippen molar-refractivity contribution in [3.63, 3.8) is 0 Å². The Morgan fingerprint density at radius 1 is 1.42 bits per heavy atom. The lowest BCUT2D eigenvalue weighted by Gasteiger charge is -2.25. The van der Waals surface area contributed by atoms with E-state index < -0.39 is 11.4 Å². The molecule has 106 valence electrons. The lowest BCUT2D eigenvalue weighted by molar-refractivity contribution is -0.124. The topological polar surface area (TPSA) is 64.3 Å². The van der Waals surface area contributed by atoms with Gasteiger partial charge in [-0.15, -0.1) is 0 Å². The van der Waals surface area contributed by atoms with E-state index in [2.05, 4.69) is 31.3 Å². The minimum absolute atomic E-state index is 0.210. The van der Waals surface area contributed by atoms with E-state index in [1.165, 1.54) is 5.56 Å². The summed E-state index contributed by atoms with van der Waals surface area (Å²) in [6.07, 6.45) is 1.11. The summed E-state index contributed by atoms with van der Waals surface area (Å²) in [5.74, 6) is 0.864. The summed E-state index contributed by atoms with van der Waals surface area (Å²) in [6, 6.07) is 7.98. The van der Waals surface area contributed by atoms with Gasteiger partial charge in [-0.3, -0.25) is 4.79 Å². The summed E-state index contributed by atoms with van der Waals surface area (Å²) >= 11 is 0. The molecule has 19 heavy (non-hydrogen) atoms. The molecule has 0 heterocycles. The number of hydrogen-bond acceptors (Lipinski definition) is 3. The first-order valence-electron chi connectivity index (χ1n) is 6.64. The maximum absolute atomic E-state index is 11.3. The van der Waals surface area contributed by atoms with Crippen LogP contribution in [0.15, 0.2) is 24.3 Å². The van der Waals surface area contributed by atoms with Crippen LogP contribution in [0, 0.1) is 0 Å². The fraction of sp³-hybridized carbons (Fsp3) is 0.533. The molecule has 1 aromatic rings. The molecular weight excluding hydrogens is 240 g/mol. The first-order chi connectivity index (χ1) is 8.92. The van der Waals surface area contributed by atoms with Crippen molar-refractivity contribution in [1.29, 1.82) is 0 Å². The van der Waals surface area contributed by atoms with Crippen molar-refractivity contribution in [2.45, 2.75) is 38.6 Å². The van der Waals surface area contributed by atoms with Crippen LogP contribution in [0.4, 0.5) is 0 Å². The highest BCUT2D eigenvalue weighted by atomic mass is 16.5. The zero-order valence-electron chi connectivity index (χ0n) is 12.2. The monoisotopic (exact) mass is 264 g/mol. The molecule has 0 saturated heterocycles. The van der Waals surface area contributed by atoms with Crippen molar-refractivity contribution >= 4 is 5.91 Å². The van der Waals surface area contributed by atoms with Gasteiger partial charge in [0.05, 0.1) is 0 Å². The standard InChI is InChI=1S/C15H24N2O2/c1-5-11(2)12-6-8-13(9-7-12)19-10-15(3,17-4)14(16)18/h6-9,11,17H,5,10H2,1-4H3,(H2,16,18). The minimum Gasteiger partial charge on any atom is -0.491 e. The lowest BCUT2D eigenvalue weighted by atomic mass is 9.99. The van der Waals surface area contributed by atoms with Crippen molar-refractivity contribution in [1.82, 2.24) is 5.32 Å².